The number of ether oxygens (including phenoxy) is 3. The molecule has 0 bridgehead atoms. The molecule has 0 aliphatic carbocycles. The van der Waals surface area contributed by atoms with Crippen molar-refractivity contribution in [3.8, 4) is 11.6 Å². The molecular weight excluding hydrogens is 464 g/mol. The minimum absolute atomic E-state index is 0.0784. The first kappa shape index (κ1) is 21.2. The molecule has 3 rings (SSSR count). The lowest BCUT2D eigenvalue weighted by Gasteiger charge is -2.10. The van der Waals surface area contributed by atoms with Crippen molar-refractivity contribution < 1.29 is 28.9 Å². The van der Waals surface area contributed by atoms with Crippen LogP contribution in [0.5, 0.6) is 11.6 Å². The number of halogens is 1. The third-order valence-electron chi connectivity index (χ3n) is 3.89. The molecule has 12 nitrogen and oxygen atoms in total. The van der Waals surface area contributed by atoms with E-state index in [0.29, 0.717) is 16.0 Å². The summed E-state index contributed by atoms with van der Waals surface area (Å²) in [4.78, 5) is 35.5. The number of aromatic hydroxyl groups is 1. The van der Waals surface area contributed by atoms with Gasteiger partial charge in [0.15, 0.2) is 10.1 Å². The lowest BCUT2D eigenvalue weighted by molar-refractivity contribution is 0.0525. The highest BCUT2D eigenvalue weighted by Gasteiger charge is 2.20. The van der Waals surface area contributed by atoms with Crippen LogP contribution in [0.1, 0.15) is 23.0 Å². The van der Waals surface area contributed by atoms with E-state index in [9.17, 15) is 14.7 Å². The molecule has 0 spiro atoms. The number of fused-ring (bicyclic) bond motifs is 1. The van der Waals surface area contributed by atoms with Gasteiger partial charge in [0, 0.05) is 6.20 Å². The number of esters is 1. The Morgan fingerprint density at radius 1 is 1.30 bits per heavy atom. The fourth-order valence-corrected chi connectivity index (χ4v) is 3.04. The van der Waals surface area contributed by atoms with Crippen molar-refractivity contribution in [3.05, 3.63) is 28.1 Å². The zero-order chi connectivity index (χ0) is 21.8. The van der Waals surface area contributed by atoms with Gasteiger partial charge in [0.1, 0.15) is 17.0 Å². The molecule has 0 fully saturated rings. The number of nitrogens with one attached hydrogen (secondary N) is 1. The minimum Gasteiger partial charge on any atom is -0.495 e. The molecule has 158 valence electrons. The van der Waals surface area contributed by atoms with Crippen LogP contribution in [-0.4, -0.2) is 62.7 Å². The van der Waals surface area contributed by atoms with Gasteiger partial charge in [0.05, 0.1) is 32.9 Å². The Bertz CT molecular complexity index is 1120. The van der Waals surface area contributed by atoms with E-state index in [1.807, 2.05) is 0 Å². The van der Waals surface area contributed by atoms with E-state index >= 15 is 0 Å². The molecule has 0 saturated heterocycles. The molecule has 13 heteroatoms. The summed E-state index contributed by atoms with van der Waals surface area (Å²) in [7, 11) is 2.63. The summed E-state index contributed by atoms with van der Waals surface area (Å²) in [6.45, 7) is 2.02. The van der Waals surface area contributed by atoms with E-state index in [4.69, 9.17) is 9.47 Å². The largest absolute Gasteiger partial charge is 0.495 e. The number of pyridine rings is 1. The van der Waals surface area contributed by atoms with Gasteiger partial charge in [-0.1, -0.05) is 0 Å². The summed E-state index contributed by atoms with van der Waals surface area (Å²) in [5.74, 6) is -0.739. The summed E-state index contributed by atoms with van der Waals surface area (Å²) < 4.78 is 16.5. The van der Waals surface area contributed by atoms with Gasteiger partial charge < -0.3 is 19.3 Å². The Kier molecular flexibility index (Phi) is 6.30. The molecule has 0 saturated carbocycles. The molecule has 0 atom stereocenters. The second kappa shape index (κ2) is 8.90. The fraction of sp³-hybridized carbons (Fsp3) is 0.294. The zero-order valence-corrected chi connectivity index (χ0v) is 17.8. The lowest BCUT2D eigenvalue weighted by Crippen LogP contribution is -2.13. The third-order valence-corrected chi connectivity index (χ3v) is 4.42. The number of aromatic nitrogens is 5. The molecule has 3 heterocycles. The van der Waals surface area contributed by atoms with Gasteiger partial charge in [-0.2, -0.15) is 10.1 Å². The summed E-state index contributed by atoms with van der Waals surface area (Å²) in [6.07, 6.45) is 0.582. The van der Waals surface area contributed by atoms with Crippen molar-refractivity contribution in [1.82, 2.24) is 24.7 Å². The van der Waals surface area contributed by atoms with Gasteiger partial charge in [-0.15, -0.1) is 0 Å². The summed E-state index contributed by atoms with van der Waals surface area (Å²) in [5, 5.41) is 16.9. The average Bonchev–Trinajstić information content (AvgIpc) is 3.04. The van der Waals surface area contributed by atoms with Crippen LogP contribution < -0.4 is 10.1 Å². The predicted molar refractivity (Wildman–Crippen MR) is 107 cm³/mol. The van der Waals surface area contributed by atoms with Crippen molar-refractivity contribution in [2.75, 3.05) is 26.1 Å². The van der Waals surface area contributed by atoms with Gasteiger partial charge in [0.2, 0.25) is 11.8 Å². The van der Waals surface area contributed by atoms with E-state index in [2.05, 4.69) is 46.0 Å². The summed E-state index contributed by atoms with van der Waals surface area (Å²) in [5.41, 5.74) is 1.15. The number of carbonyl (C=O) groups is 2. The third kappa shape index (κ3) is 4.25. The molecule has 0 aromatic carbocycles. The van der Waals surface area contributed by atoms with E-state index in [0.717, 1.165) is 0 Å². The van der Waals surface area contributed by atoms with Crippen molar-refractivity contribution in [2.24, 2.45) is 0 Å². The van der Waals surface area contributed by atoms with E-state index < -0.39 is 17.9 Å². The summed E-state index contributed by atoms with van der Waals surface area (Å²) >= 11 is 3.28. The average molecular weight is 481 g/mol. The smallest absolute Gasteiger partial charge is 0.413 e. The quantitative estimate of drug-likeness (QED) is 0.501. The zero-order valence-electron chi connectivity index (χ0n) is 16.2. The molecule has 2 N–H and O–H groups in total. The van der Waals surface area contributed by atoms with Gasteiger partial charge >= 0.3 is 12.1 Å². The van der Waals surface area contributed by atoms with Crippen molar-refractivity contribution in [1.29, 1.82) is 0 Å². The molecule has 0 aliphatic heterocycles. The Morgan fingerprint density at radius 2 is 2.07 bits per heavy atom. The number of rotatable bonds is 6. The number of nitrogens with zero attached hydrogens (tertiary/aromatic N) is 5. The maximum absolute atomic E-state index is 11.9. The highest BCUT2D eigenvalue weighted by Crippen LogP contribution is 2.30. The van der Waals surface area contributed by atoms with Gasteiger partial charge in [-0.3, -0.25) is 15.0 Å². The number of amides is 1. The van der Waals surface area contributed by atoms with Gasteiger partial charge in [0.25, 0.3) is 0 Å². The van der Waals surface area contributed by atoms with E-state index in [-0.39, 0.29) is 35.7 Å². The van der Waals surface area contributed by atoms with Crippen LogP contribution in [0, 0.1) is 0 Å². The molecule has 1 amide bonds. The SMILES string of the molecule is CCOC(=O)c1cnc(Cn2nc(Br)c3nc(NC(=O)OC)nc(O)c32)c(OC)c1. The first-order valence-corrected chi connectivity index (χ1v) is 9.35. The highest BCUT2D eigenvalue weighted by molar-refractivity contribution is 9.10. The van der Waals surface area contributed by atoms with Crippen molar-refractivity contribution in [2.45, 2.75) is 13.5 Å². The minimum atomic E-state index is -0.784. The summed E-state index contributed by atoms with van der Waals surface area (Å²) in [6, 6.07) is 1.51. The Labute approximate surface area is 178 Å². The Hall–Kier alpha value is -3.48. The van der Waals surface area contributed by atoms with Crippen LogP contribution in [0.3, 0.4) is 0 Å². The van der Waals surface area contributed by atoms with Crippen LogP contribution in [0.25, 0.3) is 11.0 Å². The van der Waals surface area contributed by atoms with E-state index in [1.165, 1.54) is 31.2 Å². The number of methoxy groups -OCH3 is 2. The molecule has 0 radical (unpaired) electrons. The first-order chi connectivity index (χ1) is 14.4. The topological polar surface area (TPSA) is 151 Å². The predicted octanol–water partition coefficient (Wildman–Crippen LogP) is 2.10. The molecule has 30 heavy (non-hydrogen) atoms. The van der Waals surface area contributed by atoms with Crippen LogP contribution in [0.2, 0.25) is 0 Å². The monoisotopic (exact) mass is 480 g/mol. The molecule has 3 aromatic rings. The fourth-order valence-electron chi connectivity index (χ4n) is 2.58. The maximum atomic E-state index is 11.9. The number of hydrogen-bond donors (Lipinski definition) is 2. The van der Waals surface area contributed by atoms with Gasteiger partial charge in [-0.25, -0.2) is 14.6 Å². The second-order valence-electron chi connectivity index (χ2n) is 5.73. The molecular formula is C17H17BrN6O6. The number of hydrogen-bond acceptors (Lipinski definition) is 10. The van der Waals surface area contributed by atoms with Crippen LogP contribution in [-0.2, 0) is 16.0 Å². The lowest BCUT2D eigenvalue weighted by atomic mass is 10.2. The Balaban J connectivity index is 1.98. The van der Waals surface area contributed by atoms with E-state index in [1.54, 1.807) is 6.92 Å². The standard InChI is InChI=1S/C17H17BrN6O6/c1-4-30-15(26)8-5-10(28-2)9(19-6-8)7-24-12-11(13(18)23-24)20-16(21-14(12)25)22-17(27)29-3/h5-6H,4,7H2,1-3H3,(H2,20,21,22,25,27). The van der Waals surface area contributed by atoms with Crippen LogP contribution >= 0.6 is 15.9 Å². The molecule has 0 aliphatic rings. The maximum Gasteiger partial charge on any atom is 0.413 e. The Morgan fingerprint density at radius 3 is 2.73 bits per heavy atom. The second-order valence-corrected chi connectivity index (χ2v) is 6.48. The number of anilines is 1. The van der Waals surface area contributed by atoms with Gasteiger partial charge in [-0.05, 0) is 28.9 Å². The first-order valence-electron chi connectivity index (χ1n) is 8.55. The molecule has 0 unspecified atom stereocenters. The molecule has 3 aromatic heterocycles. The normalized spacial score (nSPS) is 10.7. The van der Waals surface area contributed by atoms with Crippen molar-refractivity contribution >= 4 is 45.0 Å². The number of carbonyl (C=O) groups excluding carboxylic acids is 2. The van der Waals surface area contributed by atoms with Crippen molar-refractivity contribution in [3.63, 3.8) is 0 Å². The van der Waals surface area contributed by atoms with Crippen LogP contribution in [0.15, 0.2) is 16.9 Å². The highest BCUT2D eigenvalue weighted by atomic mass is 79.9. The van der Waals surface area contributed by atoms with Crippen LogP contribution in [0.4, 0.5) is 10.7 Å².